The van der Waals surface area contributed by atoms with Gasteiger partial charge < -0.3 is 20.9 Å². The molecule has 3 rings (SSSR count). The van der Waals surface area contributed by atoms with E-state index < -0.39 is 0 Å². The minimum atomic E-state index is -0.279. The Bertz CT molecular complexity index is 1200. The highest BCUT2D eigenvalue weighted by Crippen LogP contribution is 2.21. The number of hydrogen-bond acceptors (Lipinski definition) is 9. The average Bonchev–Trinajstić information content (AvgIpc) is 3.43. The van der Waals surface area contributed by atoms with Crippen molar-refractivity contribution in [3.63, 3.8) is 0 Å². The third-order valence-corrected chi connectivity index (χ3v) is 4.93. The summed E-state index contributed by atoms with van der Waals surface area (Å²) in [5.41, 5.74) is 13.5. The maximum Gasteiger partial charge on any atom is 0.261 e. The first kappa shape index (κ1) is 23.4. The zero-order valence-electron chi connectivity index (χ0n) is 19.1. The molecule has 3 aromatic heterocycles. The quantitative estimate of drug-likeness (QED) is 0.516. The van der Waals surface area contributed by atoms with Crippen LogP contribution in [0.3, 0.4) is 0 Å². The number of carbonyl (C=O) groups excluding carboxylic acids is 1. The molecule has 0 saturated carbocycles. The first-order valence-corrected chi connectivity index (χ1v) is 10.1. The molecular formula is C22H27N9O2. The predicted molar refractivity (Wildman–Crippen MR) is 125 cm³/mol. The normalized spacial score (nSPS) is 12.3. The van der Waals surface area contributed by atoms with Crippen LogP contribution in [0.4, 0.5) is 5.95 Å². The van der Waals surface area contributed by atoms with E-state index in [1.54, 1.807) is 48.9 Å². The summed E-state index contributed by atoms with van der Waals surface area (Å²) in [6.07, 6.45) is 11.2. The Kier molecular flexibility index (Phi) is 6.71. The molecule has 0 fully saturated rings. The van der Waals surface area contributed by atoms with Crippen molar-refractivity contribution in [1.82, 2.24) is 34.8 Å². The van der Waals surface area contributed by atoms with Gasteiger partial charge in [0.25, 0.3) is 5.89 Å². The van der Waals surface area contributed by atoms with Crippen molar-refractivity contribution in [2.75, 3.05) is 12.8 Å². The van der Waals surface area contributed by atoms with Crippen LogP contribution in [0.25, 0.3) is 22.6 Å². The van der Waals surface area contributed by atoms with Gasteiger partial charge in [0.1, 0.15) is 6.54 Å². The van der Waals surface area contributed by atoms with Crippen LogP contribution < -0.4 is 11.5 Å². The van der Waals surface area contributed by atoms with Gasteiger partial charge >= 0.3 is 0 Å². The Hall–Kier alpha value is -4.28. The predicted octanol–water partition coefficient (Wildman–Crippen LogP) is 2.13. The second-order valence-electron chi connectivity index (χ2n) is 8.28. The molecule has 0 atom stereocenters. The lowest BCUT2D eigenvalue weighted by Crippen LogP contribution is -2.44. The van der Waals surface area contributed by atoms with Crippen LogP contribution in [0, 0.1) is 0 Å². The molecule has 3 aromatic rings. The molecule has 0 radical (unpaired) electrons. The highest BCUT2D eigenvalue weighted by Gasteiger charge is 2.23. The molecule has 11 nitrogen and oxygen atoms in total. The van der Waals surface area contributed by atoms with Crippen LogP contribution in [0.15, 0.2) is 54.2 Å². The van der Waals surface area contributed by atoms with Crippen LogP contribution in [0.5, 0.6) is 0 Å². The van der Waals surface area contributed by atoms with Gasteiger partial charge in [-0.05, 0) is 32.4 Å². The molecule has 0 aliphatic heterocycles. The zero-order valence-corrected chi connectivity index (χ0v) is 19.1. The minimum absolute atomic E-state index is 0.0615. The highest BCUT2D eigenvalue weighted by atomic mass is 16.5. The van der Waals surface area contributed by atoms with E-state index in [4.69, 9.17) is 16.0 Å². The molecule has 0 aliphatic rings. The number of rotatable bonds is 7. The molecule has 11 heteroatoms. The van der Waals surface area contributed by atoms with Gasteiger partial charge in [-0.15, -0.1) is 0 Å². The fourth-order valence-electron chi connectivity index (χ4n) is 2.63. The first-order chi connectivity index (χ1) is 15.6. The number of nitrogen functional groups attached to an aromatic ring is 1. The van der Waals surface area contributed by atoms with E-state index in [2.05, 4.69) is 31.8 Å². The first-order valence-electron chi connectivity index (χ1n) is 10.1. The second-order valence-corrected chi connectivity index (χ2v) is 8.28. The molecule has 0 saturated heterocycles. The van der Waals surface area contributed by atoms with Crippen molar-refractivity contribution >= 4 is 23.0 Å². The van der Waals surface area contributed by atoms with Gasteiger partial charge in [-0.2, -0.15) is 10.1 Å². The van der Waals surface area contributed by atoms with Crippen molar-refractivity contribution in [2.24, 2.45) is 5.73 Å². The lowest BCUT2D eigenvalue weighted by Gasteiger charge is -2.31. The lowest BCUT2D eigenvalue weighted by atomic mass is 10.1. The summed E-state index contributed by atoms with van der Waals surface area (Å²) in [7, 11) is 1.76. The van der Waals surface area contributed by atoms with Gasteiger partial charge in [-0.1, -0.05) is 17.8 Å². The Balaban J connectivity index is 1.70. The molecular weight excluding hydrogens is 422 g/mol. The molecule has 0 spiro atoms. The number of carbonyl (C=O) groups is 1. The molecule has 0 aliphatic carbocycles. The number of allylic oxidation sites excluding steroid dienone is 4. The number of likely N-dealkylation sites (N-methyl/N-ethyl adjacent to an activating group) is 1. The Morgan fingerprint density at radius 3 is 2.58 bits per heavy atom. The van der Waals surface area contributed by atoms with Crippen LogP contribution in [0.1, 0.15) is 32.2 Å². The summed E-state index contributed by atoms with van der Waals surface area (Å²) in [4.78, 5) is 26.4. The molecule has 1 amide bonds. The number of nitrogens with zero attached hydrogens (tertiary/aromatic N) is 7. The number of nitrogens with two attached hydrogens (primary N) is 2. The topological polar surface area (TPSA) is 155 Å². The fourth-order valence-corrected chi connectivity index (χ4v) is 2.63. The zero-order chi connectivity index (χ0) is 24.2. The molecule has 4 N–H and O–H groups in total. The number of hydrogen-bond donors (Lipinski definition) is 2. The van der Waals surface area contributed by atoms with E-state index in [1.807, 2.05) is 20.8 Å². The van der Waals surface area contributed by atoms with Crippen LogP contribution in [-0.2, 0) is 11.3 Å². The van der Waals surface area contributed by atoms with E-state index in [1.165, 1.54) is 10.9 Å². The van der Waals surface area contributed by atoms with Crippen LogP contribution in [0.2, 0.25) is 0 Å². The van der Waals surface area contributed by atoms with Crippen LogP contribution in [-0.4, -0.2) is 53.3 Å². The van der Waals surface area contributed by atoms with Gasteiger partial charge in [0.2, 0.25) is 17.7 Å². The molecule has 172 valence electrons. The molecule has 0 unspecified atom stereocenters. The molecule has 0 aromatic carbocycles. The summed E-state index contributed by atoms with van der Waals surface area (Å²) >= 11 is 0. The number of aromatic nitrogens is 6. The Morgan fingerprint density at radius 1 is 1.24 bits per heavy atom. The largest absolute Gasteiger partial charge is 0.404 e. The molecule has 0 bridgehead atoms. The monoisotopic (exact) mass is 449 g/mol. The van der Waals surface area contributed by atoms with Crippen molar-refractivity contribution in [2.45, 2.75) is 32.9 Å². The van der Waals surface area contributed by atoms with E-state index in [9.17, 15) is 4.79 Å². The Labute approximate surface area is 191 Å². The van der Waals surface area contributed by atoms with E-state index >= 15 is 0 Å². The van der Waals surface area contributed by atoms with Gasteiger partial charge in [-0.25, -0.2) is 9.97 Å². The van der Waals surface area contributed by atoms with Gasteiger partial charge in [0, 0.05) is 48.5 Å². The van der Waals surface area contributed by atoms with Gasteiger partial charge in [-0.3, -0.25) is 9.48 Å². The third-order valence-electron chi connectivity index (χ3n) is 4.93. The van der Waals surface area contributed by atoms with Gasteiger partial charge in [0.05, 0.1) is 11.8 Å². The van der Waals surface area contributed by atoms with Crippen LogP contribution >= 0.6 is 0 Å². The smallest absolute Gasteiger partial charge is 0.261 e. The standard InChI is InChI=1S/C22H27N9O2/c1-14(16-9-25-21(24)26-10-16)6-7-15(8-23)19-28-20(33-29-19)17-11-27-31(12-17)13-18(32)30(5)22(2,3)4/h6-12H,1,13,23H2,2-5H3,(H2,24,25,26)/b7-6-,15-8+. The summed E-state index contributed by atoms with van der Waals surface area (Å²) in [6.45, 7) is 9.98. The molecule has 33 heavy (non-hydrogen) atoms. The second kappa shape index (κ2) is 9.47. The fraction of sp³-hybridized carbons (Fsp3) is 0.273. The summed E-state index contributed by atoms with van der Waals surface area (Å²) in [6, 6.07) is 0. The minimum Gasteiger partial charge on any atom is -0.404 e. The number of anilines is 1. The van der Waals surface area contributed by atoms with E-state index in [0.717, 1.165) is 0 Å². The van der Waals surface area contributed by atoms with E-state index in [0.29, 0.717) is 28.1 Å². The van der Waals surface area contributed by atoms with Crippen molar-refractivity contribution in [3.05, 3.63) is 61.1 Å². The SMILES string of the molecule is C=C(/C=C\C(=C/N)c1noc(-c2cnn(CC(=O)N(C)C(C)(C)C)c2)n1)c1cnc(N)nc1. The summed E-state index contributed by atoms with van der Waals surface area (Å²) in [5.74, 6) is 0.674. The molecule has 3 heterocycles. The maximum absolute atomic E-state index is 12.4. The number of amides is 1. The average molecular weight is 450 g/mol. The summed E-state index contributed by atoms with van der Waals surface area (Å²) < 4.78 is 6.89. The summed E-state index contributed by atoms with van der Waals surface area (Å²) in [5, 5.41) is 8.21. The van der Waals surface area contributed by atoms with Crippen molar-refractivity contribution in [1.29, 1.82) is 0 Å². The third kappa shape index (κ3) is 5.70. The maximum atomic E-state index is 12.4. The van der Waals surface area contributed by atoms with Gasteiger partial charge in [0.15, 0.2) is 0 Å². The van der Waals surface area contributed by atoms with Crippen molar-refractivity contribution < 1.29 is 9.32 Å². The van der Waals surface area contributed by atoms with Crippen molar-refractivity contribution in [3.8, 4) is 11.5 Å². The highest BCUT2D eigenvalue weighted by molar-refractivity contribution is 5.78. The Morgan fingerprint density at radius 2 is 1.94 bits per heavy atom. The van der Waals surface area contributed by atoms with E-state index in [-0.39, 0.29) is 29.8 Å². The lowest BCUT2D eigenvalue weighted by molar-refractivity contribution is -0.134.